The predicted octanol–water partition coefficient (Wildman–Crippen LogP) is 6.17. The van der Waals surface area contributed by atoms with Crippen LogP contribution in [0.2, 0.25) is 5.02 Å². The summed E-state index contributed by atoms with van der Waals surface area (Å²) in [4.78, 5) is 18.5. The van der Waals surface area contributed by atoms with Crippen molar-refractivity contribution >= 4 is 33.5 Å². The van der Waals surface area contributed by atoms with Gasteiger partial charge in [-0.3, -0.25) is 9.36 Å². The number of rotatable bonds is 5. The van der Waals surface area contributed by atoms with Crippen molar-refractivity contribution in [1.29, 1.82) is 0 Å². The van der Waals surface area contributed by atoms with E-state index in [4.69, 9.17) is 16.6 Å². The minimum Gasteiger partial charge on any atom is -0.330 e. The van der Waals surface area contributed by atoms with Crippen LogP contribution in [0.15, 0.2) is 83.9 Å². The SMILES string of the molecule is Cc1ccc2c(c1)c1ncn(C[C@H](C)c3ccccc3)c(=O)c1n2Cc1ccccc1Cl. The fraction of sp³-hybridized carbons (Fsp3) is 0.185. The molecule has 32 heavy (non-hydrogen) atoms. The Bertz CT molecular complexity index is 1480. The smallest absolute Gasteiger partial charge is 0.277 e. The van der Waals surface area contributed by atoms with E-state index < -0.39 is 0 Å². The minimum absolute atomic E-state index is 0.0290. The molecule has 0 amide bonds. The molecule has 0 N–H and O–H groups in total. The van der Waals surface area contributed by atoms with Gasteiger partial charge in [0.25, 0.3) is 5.56 Å². The molecule has 0 unspecified atom stereocenters. The van der Waals surface area contributed by atoms with Gasteiger partial charge in [-0.15, -0.1) is 0 Å². The third-order valence-electron chi connectivity index (χ3n) is 6.11. The van der Waals surface area contributed by atoms with E-state index in [0.717, 1.165) is 27.5 Å². The van der Waals surface area contributed by atoms with Gasteiger partial charge in [0.2, 0.25) is 0 Å². The summed E-state index contributed by atoms with van der Waals surface area (Å²) in [5.74, 6) is 0.191. The lowest BCUT2D eigenvalue weighted by atomic mass is 10.0. The quantitative estimate of drug-likeness (QED) is 0.327. The first-order valence-electron chi connectivity index (χ1n) is 10.8. The van der Waals surface area contributed by atoms with E-state index in [1.807, 2.05) is 42.5 Å². The van der Waals surface area contributed by atoms with E-state index in [9.17, 15) is 4.79 Å². The Morgan fingerprint density at radius 1 is 1.00 bits per heavy atom. The zero-order chi connectivity index (χ0) is 22.2. The van der Waals surface area contributed by atoms with Crippen LogP contribution in [-0.2, 0) is 13.1 Å². The fourth-order valence-corrected chi connectivity index (χ4v) is 4.58. The molecule has 3 aromatic carbocycles. The van der Waals surface area contributed by atoms with Crippen LogP contribution in [0.25, 0.3) is 21.9 Å². The Kier molecular flexibility index (Phi) is 5.32. The molecule has 4 nitrogen and oxygen atoms in total. The molecule has 0 spiro atoms. The summed E-state index contributed by atoms with van der Waals surface area (Å²) in [6.07, 6.45) is 1.69. The molecule has 160 valence electrons. The van der Waals surface area contributed by atoms with Crippen molar-refractivity contribution in [1.82, 2.24) is 14.1 Å². The minimum atomic E-state index is -0.0290. The second-order valence-corrected chi connectivity index (χ2v) is 8.82. The van der Waals surface area contributed by atoms with Crippen LogP contribution in [0, 0.1) is 6.92 Å². The van der Waals surface area contributed by atoms with Crippen molar-refractivity contribution in [2.24, 2.45) is 0 Å². The molecule has 0 aliphatic carbocycles. The lowest BCUT2D eigenvalue weighted by Gasteiger charge is -2.14. The van der Waals surface area contributed by atoms with Crippen LogP contribution in [0.4, 0.5) is 0 Å². The molecule has 1 atom stereocenters. The van der Waals surface area contributed by atoms with Gasteiger partial charge in [0.15, 0.2) is 0 Å². The summed E-state index contributed by atoms with van der Waals surface area (Å²) < 4.78 is 3.79. The van der Waals surface area contributed by atoms with E-state index >= 15 is 0 Å². The van der Waals surface area contributed by atoms with Crippen molar-refractivity contribution in [3.05, 3.63) is 111 Å². The molecule has 0 radical (unpaired) electrons. The molecule has 0 aliphatic rings. The third kappa shape index (κ3) is 3.61. The average Bonchev–Trinajstić information content (AvgIpc) is 3.11. The first-order valence-corrected chi connectivity index (χ1v) is 11.2. The van der Waals surface area contributed by atoms with Gasteiger partial charge in [-0.25, -0.2) is 4.98 Å². The maximum atomic E-state index is 13.7. The number of hydrogen-bond donors (Lipinski definition) is 0. The van der Waals surface area contributed by atoms with Crippen LogP contribution in [0.1, 0.15) is 29.5 Å². The van der Waals surface area contributed by atoms with Crippen molar-refractivity contribution in [3.63, 3.8) is 0 Å². The van der Waals surface area contributed by atoms with E-state index in [1.165, 1.54) is 5.56 Å². The highest BCUT2D eigenvalue weighted by Crippen LogP contribution is 2.29. The summed E-state index contributed by atoms with van der Waals surface area (Å²) in [5, 5.41) is 1.68. The van der Waals surface area contributed by atoms with Gasteiger partial charge in [0, 0.05) is 23.5 Å². The van der Waals surface area contributed by atoms with Crippen molar-refractivity contribution in [3.8, 4) is 0 Å². The van der Waals surface area contributed by atoms with Crippen LogP contribution in [0.5, 0.6) is 0 Å². The van der Waals surface area contributed by atoms with Crippen LogP contribution in [0.3, 0.4) is 0 Å². The molecule has 2 heterocycles. The fourth-order valence-electron chi connectivity index (χ4n) is 4.39. The number of aromatic nitrogens is 3. The van der Waals surface area contributed by atoms with E-state index in [1.54, 1.807) is 10.9 Å². The Hall–Kier alpha value is -3.37. The topological polar surface area (TPSA) is 39.8 Å². The van der Waals surface area contributed by atoms with Gasteiger partial charge in [-0.05, 0) is 42.2 Å². The maximum absolute atomic E-state index is 13.7. The standard InChI is InChI=1S/C27H24ClN3O/c1-18-12-13-24-22(14-18)25-26(31(24)16-21-10-6-7-11-23(21)28)27(32)30(17-29-25)15-19(2)20-8-4-3-5-9-20/h3-14,17,19H,15-16H2,1-2H3/t19-/m0/s1. The second kappa shape index (κ2) is 8.29. The molecule has 0 saturated heterocycles. The Balaban J connectivity index is 1.69. The van der Waals surface area contributed by atoms with Crippen molar-refractivity contribution < 1.29 is 0 Å². The molecule has 0 saturated carbocycles. The van der Waals surface area contributed by atoms with Crippen LogP contribution >= 0.6 is 11.6 Å². The van der Waals surface area contributed by atoms with E-state index in [2.05, 4.69) is 48.7 Å². The molecule has 2 aromatic heterocycles. The van der Waals surface area contributed by atoms with Crippen molar-refractivity contribution in [2.75, 3.05) is 0 Å². The monoisotopic (exact) mass is 441 g/mol. The van der Waals surface area contributed by atoms with Gasteiger partial charge >= 0.3 is 0 Å². The lowest BCUT2D eigenvalue weighted by Crippen LogP contribution is -2.24. The summed E-state index contributed by atoms with van der Waals surface area (Å²) in [6.45, 7) is 5.27. The largest absolute Gasteiger partial charge is 0.330 e. The van der Waals surface area contributed by atoms with Crippen LogP contribution < -0.4 is 5.56 Å². The normalized spacial score (nSPS) is 12.5. The Morgan fingerprint density at radius 2 is 1.75 bits per heavy atom. The molecule has 5 aromatic rings. The molecular weight excluding hydrogens is 418 g/mol. The summed E-state index contributed by atoms with van der Waals surface area (Å²) in [5.41, 5.74) is 5.63. The number of nitrogens with zero attached hydrogens (tertiary/aromatic N) is 3. The number of fused-ring (bicyclic) bond motifs is 3. The van der Waals surface area contributed by atoms with Gasteiger partial charge in [-0.2, -0.15) is 0 Å². The second-order valence-electron chi connectivity index (χ2n) is 8.41. The van der Waals surface area contributed by atoms with Crippen LogP contribution in [-0.4, -0.2) is 14.1 Å². The number of aryl methyl sites for hydroxylation is 1. The number of benzene rings is 3. The molecule has 5 rings (SSSR count). The highest BCUT2D eigenvalue weighted by Gasteiger charge is 2.18. The Labute approximate surface area is 191 Å². The van der Waals surface area contributed by atoms with Gasteiger partial charge in [-0.1, -0.05) is 78.7 Å². The highest BCUT2D eigenvalue weighted by molar-refractivity contribution is 6.31. The lowest BCUT2D eigenvalue weighted by molar-refractivity contribution is 0.575. The van der Waals surface area contributed by atoms with Crippen molar-refractivity contribution in [2.45, 2.75) is 32.9 Å². The number of hydrogen-bond acceptors (Lipinski definition) is 2. The zero-order valence-electron chi connectivity index (χ0n) is 18.1. The van der Waals surface area contributed by atoms with Gasteiger partial charge in [0.1, 0.15) is 11.0 Å². The third-order valence-corrected chi connectivity index (χ3v) is 6.48. The summed E-state index contributed by atoms with van der Waals surface area (Å²) >= 11 is 6.46. The molecular formula is C27H24ClN3O. The molecule has 5 heteroatoms. The number of halogens is 1. The molecule has 0 fully saturated rings. The Morgan fingerprint density at radius 3 is 2.53 bits per heavy atom. The summed E-state index contributed by atoms with van der Waals surface area (Å²) in [6, 6.07) is 24.3. The first-order chi connectivity index (χ1) is 15.5. The van der Waals surface area contributed by atoms with Gasteiger partial charge in [0.05, 0.1) is 11.8 Å². The molecule has 0 bridgehead atoms. The summed E-state index contributed by atoms with van der Waals surface area (Å²) in [7, 11) is 0. The van der Waals surface area contributed by atoms with E-state index in [-0.39, 0.29) is 11.5 Å². The average molecular weight is 442 g/mol. The van der Waals surface area contributed by atoms with Gasteiger partial charge < -0.3 is 4.57 Å². The molecule has 0 aliphatic heterocycles. The maximum Gasteiger partial charge on any atom is 0.277 e. The first kappa shape index (κ1) is 20.5. The van der Waals surface area contributed by atoms with E-state index in [0.29, 0.717) is 23.6 Å². The zero-order valence-corrected chi connectivity index (χ0v) is 18.9. The highest BCUT2D eigenvalue weighted by atomic mass is 35.5. The predicted molar refractivity (Wildman–Crippen MR) is 132 cm³/mol.